The maximum Gasteiger partial charge on any atom is 0.126 e. The van der Waals surface area contributed by atoms with Crippen molar-refractivity contribution >= 4 is 0 Å². The molecule has 2 heteroatoms. The molecule has 0 aliphatic heterocycles. The van der Waals surface area contributed by atoms with Crippen molar-refractivity contribution in [3.8, 4) is 5.75 Å². The van der Waals surface area contributed by atoms with E-state index in [2.05, 4.69) is 60.6 Å². The SMILES string of the molecule is CCCOc1c(C(C)(C)C)cc(CCCN)cc1C(C)(C)C. The quantitative estimate of drug-likeness (QED) is 0.806. The molecule has 0 aliphatic rings. The van der Waals surface area contributed by atoms with Crippen LogP contribution >= 0.6 is 0 Å². The van der Waals surface area contributed by atoms with Crippen LogP contribution in [-0.2, 0) is 17.3 Å². The predicted octanol–water partition coefficient (Wildman–Crippen LogP) is 4.96. The van der Waals surface area contributed by atoms with Crippen molar-refractivity contribution in [2.45, 2.75) is 78.6 Å². The van der Waals surface area contributed by atoms with Crippen LogP contribution in [0.25, 0.3) is 0 Å². The van der Waals surface area contributed by atoms with Gasteiger partial charge in [0, 0.05) is 11.1 Å². The maximum atomic E-state index is 6.21. The van der Waals surface area contributed by atoms with E-state index < -0.39 is 0 Å². The Morgan fingerprint density at radius 3 is 1.82 bits per heavy atom. The molecule has 2 nitrogen and oxygen atoms in total. The molecule has 0 unspecified atom stereocenters. The summed E-state index contributed by atoms with van der Waals surface area (Å²) < 4.78 is 6.21. The molecule has 0 bridgehead atoms. The fraction of sp³-hybridized carbons (Fsp3) is 0.700. The summed E-state index contributed by atoms with van der Waals surface area (Å²) in [7, 11) is 0. The molecule has 0 radical (unpaired) electrons. The highest BCUT2D eigenvalue weighted by Gasteiger charge is 2.27. The van der Waals surface area contributed by atoms with Gasteiger partial charge in [0.1, 0.15) is 5.75 Å². The molecule has 0 aliphatic carbocycles. The molecule has 0 amide bonds. The van der Waals surface area contributed by atoms with Crippen molar-refractivity contribution in [1.82, 2.24) is 0 Å². The van der Waals surface area contributed by atoms with Crippen LogP contribution in [0.2, 0.25) is 0 Å². The van der Waals surface area contributed by atoms with Gasteiger partial charge in [-0.25, -0.2) is 0 Å². The van der Waals surface area contributed by atoms with Gasteiger partial charge in [0.2, 0.25) is 0 Å². The molecule has 22 heavy (non-hydrogen) atoms. The zero-order chi connectivity index (χ0) is 17.0. The fourth-order valence-corrected chi connectivity index (χ4v) is 2.61. The van der Waals surface area contributed by atoms with E-state index in [1.54, 1.807) is 0 Å². The molecule has 0 fully saturated rings. The first-order chi connectivity index (χ1) is 10.1. The molecular weight excluding hydrogens is 270 g/mol. The second kappa shape index (κ2) is 7.50. The number of nitrogens with two attached hydrogens (primary N) is 1. The number of benzene rings is 1. The number of ether oxygens (including phenoxy) is 1. The lowest BCUT2D eigenvalue weighted by Gasteiger charge is -2.30. The van der Waals surface area contributed by atoms with Gasteiger partial charge >= 0.3 is 0 Å². The number of rotatable bonds is 6. The molecule has 0 saturated carbocycles. The third-order valence-corrected chi connectivity index (χ3v) is 3.88. The van der Waals surface area contributed by atoms with E-state index in [0.717, 1.165) is 38.2 Å². The summed E-state index contributed by atoms with van der Waals surface area (Å²) in [6.07, 6.45) is 3.10. The zero-order valence-electron chi connectivity index (χ0n) is 15.7. The maximum absolute atomic E-state index is 6.21. The van der Waals surface area contributed by atoms with Crippen LogP contribution < -0.4 is 10.5 Å². The monoisotopic (exact) mass is 305 g/mol. The summed E-state index contributed by atoms with van der Waals surface area (Å²) in [4.78, 5) is 0. The minimum atomic E-state index is 0.0712. The molecule has 1 aromatic rings. The standard InChI is InChI=1S/C20H35NO/c1-8-12-22-18-16(19(2,3)4)13-15(10-9-11-21)14-17(18)20(5,6)7/h13-14H,8-12,21H2,1-7H3. The fourth-order valence-electron chi connectivity index (χ4n) is 2.61. The smallest absolute Gasteiger partial charge is 0.126 e. The Kier molecular flexibility index (Phi) is 6.49. The summed E-state index contributed by atoms with van der Waals surface area (Å²) in [5.74, 6) is 1.10. The molecule has 1 aromatic carbocycles. The first-order valence-electron chi connectivity index (χ1n) is 8.62. The van der Waals surface area contributed by atoms with Crippen molar-refractivity contribution in [3.63, 3.8) is 0 Å². The van der Waals surface area contributed by atoms with E-state index in [9.17, 15) is 0 Å². The lowest BCUT2D eigenvalue weighted by atomic mass is 9.78. The predicted molar refractivity (Wildman–Crippen MR) is 97.0 cm³/mol. The second-order valence-corrected chi connectivity index (χ2v) is 8.26. The highest BCUT2D eigenvalue weighted by Crippen LogP contribution is 2.41. The van der Waals surface area contributed by atoms with Crippen LogP contribution in [0.1, 0.15) is 78.0 Å². The molecule has 1 rings (SSSR count). The molecule has 0 aromatic heterocycles. The van der Waals surface area contributed by atoms with Gasteiger partial charge in [-0.2, -0.15) is 0 Å². The lowest BCUT2D eigenvalue weighted by molar-refractivity contribution is 0.299. The van der Waals surface area contributed by atoms with Gasteiger partial charge in [-0.05, 0) is 42.2 Å². The second-order valence-electron chi connectivity index (χ2n) is 8.26. The minimum absolute atomic E-state index is 0.0712. The third-order valence-electron chi connectivity index (χ3n) is 3.88. The van der Waals surface area contributed by atoms with Crippen LogP contribution in [0.15, 0.2) is 12.1 Å². The van der Waals surface area contributed by atoms with Crippen molar-refractivity contribution in [3.05, 3.63) is 28.8 Å². The Balaban J connectivity index is 3.47. The number of hydrogen-bond acceptors (Lipinski definition) is 2. The minimum Gasteiger partial charge on any atom is -0.493 e. The molecular formula is C20H35NO. The Hall–Kier alpha value is -1.02. The largest absolute Gasteiger partial charge is 0.493 e. The summed E-state index contributed by atoms with van der Waals surface area (Å²) in [5, 5.41) is 0. The summed E-state index contributed by atoms with van der Waals surface area (Å²) in [6.45, 7) is 17.3. The molecule has 2 N–H and O–H groups in total. The van der Waals surface area contributed by atoms with Gasteiger partial charge in [0.15, 0.2) is 0 Å². The van der Waals surface area contributed by atoms with E-state index in [0.29, 0.717) is 0 Å². The van der Waals surface area contributed by atoms with Crippen molar-refractivity contribution in [2.24, 2.45) is 5.73 Å². The van der Waals surface area contributed by atoms with Gasteiger partial charge in [-0.3, -0.25) is 0 Å². The van der Waals surface area contributed by atoms with Gasteiger partial charge in [0.25, 0.3) is 0 Å². The highest BCUT2D eigenvalue weighted by molar-refractivity contribution is 5.51. The average molecular weight is 306 g/mol. The highest BCUT2D eigenvalue weighted by atomic mass is 16.5. The van der Waals surface area contributed by atoms with Crippen LogP contribution in [0, 0.1) is 0 Å². The van der Waals surface area contributed by atoms with Gasteiger partial charge in [-0.1, -0.05) is 60.6 Å². The molecule has 126 valence electrons. The molecule has 0 spiro atoms. The molecule has 0 atom stereocenters. The first-order valence-corrected chi connectivity index (χ1v) is 8.62. The first kappa shape index (κ1) is 19.0. The third kappa shape index (κ3) is 5.01. The Bertz CT molecular complexity index is 442. The normalized spacial score (nSPS) is 12.5. The summed E-state index contributed by atoms with van der Waals surface area (Å²) in [5.41, 5.74) is 9.86. The van der Waals surface area contributed by atoms with Crippen molar-refractivity contribution in [1.29, 1.82) is 0 Å². The van der Waals surface area contributed by atoms with Gasteiger partial charge in [0.05, 0.1) is 6.61 Å². The van der Waals surface area contributed by atoms with Crippen LogP contribution in [0.5, 0.6) is 5.75 Å². The van der Waals surface area contributed by atoms with Crippen molar-refractivity contribution < 1.29 is 4.74 Å². The van der Waals surface area contributed by atoms with Crippen molar-refractivity contribution in [2.75, 3.05) is 13.2 Å². The summed E-state index contributed by atoms with van der Waals surface area (Å²) in [6, 6.07) is 4.66. The average Bonchev–Trinajstić information content (AvgIpc) is 2.40. The molecule has 0 saturated heterocycles. The van der Waals surface area contributed by atoms with E-state index >= 15 is 0 Å². The Morgan fingerprint density at radius 2 is 1.45 bits per heavy atom. The van der Waals surface area contributed by atoms with Crippen LogP contribution in [0.4, 0.5) is 0 Å². The molecule has 0 heterocycles. The Labute approximate surface area is 137 Å². The lowest BCUT2D eigenvalue weighted by Crippen LogP contribution is -2.21. The van der Waals surface area contributed by atoms with E-state index in [1.165, 1.54) is 16.7 Å². The Morgan fingerprint density at radius 1 is 0.955 bits per heavy atom. The van der Waals surface area contributed by atoms with E-state index in [-0.39, 0.29) is 10.8 Å². The number of aryl methyl sites for hydroxylation is 1. The van der Waals surface area contributed by atoms with Crippen LogP contribution in [-0.4, -0.2) is 13.2 Å². The number of hydrogen-bond donors (Lipinski definition) is 1. The summed E-state index contributed by atoms with van der Waals surface area (Å²) >= 11 is 0. The van der Waals surface area contributed by atoms with E-state index in [4.69, 9.17) is 10.5 Å². The van der Waals surface area contributed by atoms with Crippen LogP contribution in [0.3, 0.4) is 0 Å². The zero-order valence-corrected chi connectivity index (χ0v) is 15.7. The van der Waals surface area contributed by atoms with Gasteiger partial charge < -0.3 is 10.5 Å². The van der Waals surface area contributed by atoms with E-state index in [1.807, 2.05) is 0 Å². The topological polar surface area (TPSA) is 35.2 Å². The van der Waals surface area contributed by atoms with Gasteiger partial charge in [-0.15, -0.1) is 0 Å².